The van der Waals surface area contributed by atoms with Crippen LogP contribution in [0.4, 0.5) is 0 Å². The fraction of sp³-hybridized carbons (Fsp3) is 0.939. The number of esters is 3. The van der Waals surface area contributed by atoms with Crippen LogP contribution in [0.5, 0.6) is 0 Å². The second kappa shape index (κ2) is 42.0. The van der Waals surface area contributed by atoms with Crippen LogP contribution in [-0.2, 0) is 28.6 Å². The van der Waals surface area contributed by atoms with Gasteiger partial charge in [-0.15, -0.1) is 0 Å². The van der Waals surface area contributed by atoms with Gasteiger partial charge in [0.05, 0.1) is 0 Å². The number of hydrogen-bond donors (Lipinski definition) is 0. The lowest BCUT2D eigenvalue weighted by molar-refractivity contribution is -0.167. The molecular formula is C49H94O6. The highest BCUT2D eigenvalue weighted by Crippen LogP contribution is 2.17. The highest BCUT2D eigenvalue weighted by Gasteiger charge is 2.19. The van der Waals surface area contributed by atoms with Crippen molar-refractivity contribution in [2.75, 3.05) is 13.2 Å². The monoisotopic (exact) mass is 779 g/mol. The Hall–Kier alpha value is -1.59. The minimum absolute atomic E-state index is 0.0658. The highest BCUT2D eigenvalue weighted by atomic mass is 16.6. The lowest BCUT2D eigenvalue weighted by Crippen LogP contribution is -2.30. The zero-order chi connectivity index (χ0) is 40.5. The Morgan fingerprint density at radius 3 is 0.891 bits per heavy atom. The summed E-state index contributed by atoms with van der Waals surface area (Å²) in [5.74, 6) is 0.700. The number of carbonyl (C=O) groups is 3. The van der Waals surface area contributed by atoms with Crippen LogP contribution in [0.2, 0.25) is 0 Å². The third kappa shape index (κ3) is 43.4. The van der Waals surface area contributed by atoms with Gasteiger partial charge in [0.15, 0.2) is 6.10 Å². The van der Waals surface area contributed by atoms with Gasteiger partial charge in [0.2, 0.25) is 0 Å². The molecule has 1 atom stereocenters. The van der Waals surface area contributed by atoms with Crippen LogP contribution in [0.3, 0.4) is 0 Å². The molecule has 0 N–H and O–H groups in total. The summed E-state index contributed by atoms with van der Waals surface area (Å²) < 4.78 is 16.7. The zero-order valence-corrected chi connectivity index (χ0v) is 37.6. The maximum absolute atomic E-state index is 12.7. The molecule has 0 aromatic rings. The normalized spacial score (nSPS) is 12.1. The van der Waals surface area contributed by atoms with E-state index in [1.165, 1.54) is 154 Å². The minimum Gasteiger partial charge on any atom is -0.462 e. The SMILES string of the molecule is CCCCCCCCCCCCCCCCCCCC(=O)O[C@@H](COC(=O)CCCCCCCCCCC(C)C)COC(=O)CCCCCCCCC(C)C. The maximum Gasteiger partial charge on any atom is 0.306 e. The molecule has 0 spiro atoms. The first-order chi connectivity index (χ1) is 26.7. The topological polar surface area (TPSA) is 78.9 Å². The van der Waals surface area contributed by atoms with Crippen molar-refractivity contribution in [3.63, 3.8) is 0 Å². The van der Waals surface area contributed by atoms with E-state index in [2.05, 4.69) is 34.6 Å². The number of carbonyl (C=O) groups excluding carboxylic acids is 3. The third-order valence-corrected chi connectivity index (χ3v) is 11.0. The van der Waals surface area contributed by atoms with Crippen molar-refractivity contribution in [1.29, 1.82) is 0 Å². The Bertz CT molecular complexity index is 839. The highest BCUT2D eigenvalue weighted by molar-refractivity contribution is 5.71. The maximum atomic E-state index is 12.7. The van der Waals surface area contributed by atoms with E-state index in [4.69, 9.17) is 14.2 Å². The van der Waals surface area contributed by atoms with Crippen LogP contribution >= 0.6 is 0 Å². The van der Waals surface area contributed by atoms with E-state index in [1.807, 2.05) is 0 Å². The van der Waals surface area contributed by atoms with Crippen molar-refractivity contribution < 1.29 is 28.6 Å². The van der Waals surface area contributed by atoms with Crippen LogP contribution in [0.25, 0.3) is 0 Å². The molecule has 0 aliphatic rings. The van der Waals surface area contributed by atoms with Gasteiger partial charge in [0.1, 0.15) is 13.2 Å². The fourth-order valence-electron chi connectivity index (χ4n) is 7.28. The first-order valence-corrected chi connectivity index (χ1v) is 24.2. The number of ether oxygens (including phenoxy) is 3. The molecule has 0 saturated carbocycles. The van der Waals surface area contributed by atoms with E-state index in [0.717, 1.165) is 69.6 Å². The summed E-state index contributed by atoms with van der Waals surface area (Å²) in [6.07, 6.45) is 41.1. The van der Waals surface area contributed by atoms with Crippen molar-refractivity contribution in [3.8, 4) is 0 Å². The fourth-order valence-corrected chi connectivity index (χ4v) is 7.28. The Morgan fingerprint density at radius 1 is 0.345 bits per heavy atom. The molecule has 0 aromatic carbocycles. The number of hydrogen-bond acceptors (Lipinski definition) is 6. The summed E-state index contributed by atoms with van der Waals surface area (Å²) in [5.41, 5.74) is 0. The molecule has 326 valence electrons. The van der Waals surface area contributed by atoms with Crippen LogP contribution in [-0.4, -0.2) is 37.2 Å². The van der Waals surface area contributed by atoms with Crippen molar-refractivity contribution in [2.24, 2.45) is 11.8 Å². The van der Waals surface area contributed by atoms with Crippen LogP contribution in [0.15, 0.2) is 0 Å². The molecule has 0 bridgehead atoms. The molecule has 0 aliphatic heterocycles. The minimum atomic E-state index is -0.761. The molecule has 0 fully saturated rings. The molecule has 0 aromatic heterocycles. The molecule has 0 amide bonds. The molecule has 0 heterocycles. The Kier molecular flexibility index (Phi) is 40.8. The van der Waals surface area contributed by atoms with E-state index >= 15 is 0 Å². The van der Waals surface area contributed by atoms with Crippen LogP contribution in [0.1, 0.15) is 266 Å². The molecule has 0 unspecified atom stereocenters. The van der Waals surface area contributed by atoms with Crippen molar-refractivity contribution in [1.82, 2.24) is 0 Å². The Balaban J connectivity index is 4.27. The first kappa shape index (κ1) is 53.4. The summed E-state index contributed by atoms with van der Waals surface area (Å²) in [6.45, 7) is 11.3. The largest absolute Gasteiger partial charge is 0.462 e. The van der Waals surface area contributed by atoms with Gasteiger partial charge < -0.3 is 14.2 Å². The van der Waals surface area contributed by atoms with E-state index < -0.39 is 6.10 Å². The summed E-state index contributed by atoms with van der Waals surface area (Å²) in [7, 11) is 0. The van der Waals surface area contributed by atoms with Crippen molar-refractivity contribution in [3.05, 3.63) is 0 Å². The second-order valence-electron chi connectivity index (χ2n) is 17.7. The van der Waals surface area contributed by atoms with E-state index in [-0.39, 0.29) is 31.1 Å². The third-order valence-electron chi connectivity index (χ3n) is 11.0. The van der Waals surface area contributed by atoms with Crippen molar-refractivity contribution in [2.45, 2.75) is 272 Å². The lowest BCUT2D eigenvalue weighted by atomic mass is 10.0. The smallest absolute Gasteiger partial charge is 0.306 e. The zero-order valence-electron chi connectivity index (χ0n) is 37.6. The summed E-state index contributed by atoms with van der Waals surface area (Å²) in [5, 5.41) is 0. The van der Waals surface area contributed by atoms with E-state index in [9.17, 15) is 14.4 Å². The average Bonchev–Trinajstić information content (AvgIpc) is 3.15. The van der Waals surface area contributed by atoms with Gasteiger partial charge in [0, 0.05) is 19.3 Å². The van der Waals surface area contributed by atoms with Gasteiger partial charge in [-0.25, -0.2) is 0 Å². The Labute approximate surface area is 342 Å². The Morgan fingerprint density at radius 2 is 0.600 bits per heavy atom. The second-order valence-corrected chi connectivity index (χ2v) is 17.7. The van der Waals surface area contributed by atoms with Crippen molar-refractivity contribution >= 4 is 17.9 Å². The summed E-state index contributed by atoms with van der Waals surface area (Å²) in [4.78, 5) is 37.7. The predicted octanol–water partition coefficient (Wildman–Crippen LogP) is 15.4. The molecule has 0 saturated heterocycles. The van der Waals surface area contributed by atoms with Gasteiger partial charge in [-0.05, 0) is 31.1 Å². The molecule has 6 nitrogen and oxygen atoms in total. The quantitative estimate of drug-likeness (QED) is 0.0348. The van der Waals surface area contributed by atoms with Gasteiger partial charge in [0.25, 0.3) is 0 Å². The van der Waals surface area contributed by atoms with Gasteiger partial charge in [-0.3, -0.25) is 14.4 Å². The molecular weight excluding hydrogens is 685 g/mol. The van der Waals surface area contributed by atoms with Gasteiger partial charge >= 0.3 is 17.9 Å². The lowest BCUT2D eigenvalue weighted by Gasteiger charge is -2.18. The molecule has 6 heteroatoms. The van der Waals surface area contributed by atoms with Crippen LogP contribution in [0, 0.1) is 11.8 Å². The summed E-state index contributed by atoms with van der Waals surface area (Å²) >= 11 is 0. The molecule has 0 radical (unpaired) electrons. The average molecular weight is 779 g/mol. The van der Waals surface area contributed by atoms with Crippen LogP contribution < -0.4 is 0 Å². The molecule has 0 aliphatic carbocycles. The first-order valence-electron chi connectivity index (χ1n) is 24.2. The number of rotatable bonds is 43. The molecule has 0 rings (SSSR count). The van der Waals surface area contributed by atoms with Gasteiger partial charge in [-0.1, -0.05) is 227 Å². The number of unbranched alkanes of at least 4 members (excludes halogenated alkanes) is 28. The van der Waals surface area contributed by atoms with Gasteiger partial charge in [-0.2, -0.15) is 0 Å². The predicted molar refractivity (Wildman–Crippen MR) is 233 cm³/mol. The summed E-state index contributed by atoms with van der Waals surface area (Å²) in [6, 6.07) is 0. The van der Waals surface area contributed by atoms with E-state index in [1.54, 1.807) is 0 Å². The molecule has 55 heavy (non-hydrogen) atoms. The standard InChI is InChI=1S/C49H94O6/c1-6-7-8-9-10-11-12-13-14-15-16-17-18-19-24-31-36-41-49(52)55-46(43-54-48(51)40-35-30-26-25-28-33-38-45(4)5)42-53-47(50)39-34-29-23-21-20-22-27-32-37-44(2)3/h44-46H,6-43H2,1-5H3/t46-/m0/s1. The van der Waals surface area contributed by atoms with E-state index in [0.29, 0.717) is 19.3 Å².